The second-order valence-electron chi connectivity index (χ2n) is 3.99. The quantitative estimate of drug-likeness (QED) is 0.618. The lowest BCUT2D eigenvalue weighted by Crippen LogP contribution is -2.04. The normalized spacial score (nSPS) is 11.6. The maximum Gasteiger partial charge on any atom is 0.416 e. The molecule has 0 nitrogen and oxygen atoms in total. The summed E-state index contributed by atoms with van der Waals surface area (Å²) in [6.07, 6.45) is -4.38. The Bertz CT molecular complexity index is 591. The zero-order valence-corrected chi connectivity index (χ0v) is 11.2. The second kappa shape index (κ2) is 5.43. The van der Waals surface area contributed by atoms with Gasteiger partial charge >= 0.3 is 6.18 Å². The van der Waals surface area contributed by atoms with Gasteiger partial charge in [0.05, 0.1) is 5.56 Å². The molecule has 0 spiro atoms. The van der Waals surface area contributed by atoms with E-state index < -0.39 is 11.7 Å². The first-order valence-corrected chi connectivity index (χ1v) is 6.35. The molecule has 0 amide bonds. The molecule has 19 heavy (non-hydrogen) atoms. The maximum absolute atomic E-state index is 12.7. The van der Waals surface area contributed by atoms with Gasteiger partial charge in [0.25, 0.3) is 0 Å². The molecular formula is C14H9Cl2F3. The third kappa shape index (κ3) is 3.04. The summed E-state index contributed by atoms with van der Waals surface area (Å²) >= 11 is 11.9. The first-order valence-electron chi connectivity index (χ1n) is 5.44. The van der Waals surface area contributed by atoms with Gasteiger partial charge in [0.2, 0.25) is 0 Å². The minimum Gasteiger partial charge on any atom is -0.166 e. The summed E-state index contributed by atoms with van der Waals surface area (Å²) in [5.41, 5.74) is 0.959. The third-order valence-corrected chi connectivity index (χ3v) is 3.33. The molecule has 0 heterocycles. The Morgan fingerprint density at radius 1 is 1.00 bits per heavy atom. The lowest BCUT2D eigenvalue weighted by Gasteiger charge is -2.12. The zero-order valence-electron chi connectivity index (χ0n) is 9.64. The molecule has 0 atom stereocenters. The molecule has 0 fully saturated rings. The van der Waals surface area contributed by atoms with Gasteiger partial charge < -0.3 is 0 Å². The first-order chi connectivity index (χ1) is 8.93. The van der Waals surface area contributed by atoms with E-state index in [-0.39, 0.29) is 5.88 Å². The van der Waals surface area contributed by atoms with Gasteiger partial charge in [-0.1, -0.05) is 35.9 Å². The Hall–Kier alpha value is -1.19. The van der Waals surface area contributed by atoms with E-state index in [9.17, 15) is 13.2 Å². The summed E-state index contributed by atoms with van der Waals surface area (Å²) in [6, 6.07) is 10.2. The number of hydrogen-bond donors (Lipinski definition) is 0. The van der Waals surface area contributed by atoms with Crippen molar-refractivity contribution >= 4 is 23.2 Å². The van der Waals surface area contributed by atoms with Gasteiger partial charge in [-0.2, -0.15) is 13.2 Å². The lowest BCUT2D eigenvalue weighted by atomic mass is 9.98. The van der Waals surface area contributed by atoms with Crippen LogP contribution < -0.4 is 0 Å². The minimum absolute atomic E-state index is 0.187. The lowest BCUT2D eigenvalue weighted by molar-refractivity contribution is -0.137. The molecule has 0 unspecified atom stereocenters. The van der Waals surface area contributed by atoms with Crippen molar-refractivity contribution in [1.29, 1.82) is 0 Å². The molecule has 0 aromatic heterocycles. The van der Waals surface area contributed by atoms with E-state index in [2.05, 4.69) is 0 Å². The van der Waals surface area contributed by atoms with E-state index in [1.54, 1.807) is 24.3 Å². The standard InChI is InChI=1S/C14H9Cl2F3/c15-8-10-4-2-6-12(16)13(10)9-3-1-5-11(7-9)14(17,18)19/h1-7H,8H2. The van der Waals surface area contributed by atoms with Crippen LogP contribution in [0.15, 0.2) is 42.5 Å². The predicted molar refractivity (Wildman–Crippen MR) is 71.4 cm³/mol. The highest BCUT2D eigenvalue weighted by molar-refractivity contribution is 6.33. The van der Waals surface area contributed by atoms with E-state index >= 15 is 0 Å². The van der Waals surface area contributed by atoms with Gasteiger partial charge in [-0.25, -0.2) is 0 Å². The molecular weight excluding hydrogens is 296 g/mol. The van der Waals surface area contributed by atoms with Crippen LogP contribution in [0.2, 0.25) is 5.02 Å². The number of benzene rings is 2. The number of hydrogen-bond acceptors (Lipinski definition) is 0. The highest BCUT2D eigenvalue weighted by atomic mass is 35.5. The van der Waals surface area contributed by atoms with Crippen LogP contribution in [0.4, 0.5) is 13.2 Å². The van der Waals surface area contributed by atoms with E-state index in [1.807, 2.05) is 0 Å². The van der Waals surface area contributed by atoms with Crippen molar-refractivity contribution < 1.29 is 13.2 Å². The van der Waals surface area contributed by atoms with Crippen LogP contribution in [-0.2, 0) is 12.1 Å². The highest BCUT2D eigenvalue weighted by Crippen LogP contribution is 2.36. The van der Waals surface area contributed by atoms with Crippen molar-refractivity contribution in [2.75, 3.05) is 0 Å². The van der Waals surface area contributed by atoms with Gasteiger partial charge in [-0.15, -0.1) is 11.6 Å². The van der Waals surface area contributed by atoms with E-state index in [4.69, 9.17) is 23.2 Å². The molecule has 100 valence electrons. The molecule has 0 N–H and O–H groups in total. The third-order valence-electron chi connectivity index (χ3n) is 2.72. The molecule has 0 aliphatic carbocycles. The van der Waals surface area contributed by atoms with Crippen LogP contribution in [0, 0.1) is 0 Å². The van der Waals surface area contributed by atoms with Crippen LogP contribution in [-0.4, -0.2) is 0 Å². The Balaban J connectivity index is 2.60. The summed E-state index contributed by atoms with van der Waals surface area (Å²) in [6.45, 7) is 0. The second-order valence-corrected chi connectivity index (χ2v) is 4.66. The van der Waals surface area contributed by atoms with Crippen molar-refractivity contribution in [3.63, 3.8) is 0 Å². The summed E-state index contributed by atoms with van der Waals surface area (Å²) in [5.74, 6) is 0.187. The van der Waals surface area contributed by atoms with Gasteiger partial charge in [0.15, 0.2) is 0 Å². The van der Waals surface area contributed by atoms with Crippen molar-refractivity contribution in [3.05, 3.63) is 58.6 Å². The van der Waals surface area contributed by atoms with Crippen LogP contribution >= 0.6 is 23.2 Å². The Morgan fingerprint density at radius 3 is 2.32 bits per heavy atom. The first kappa shape index (κ1) is 14.2. The summed E-state index contributed by atoms with van der Waals surface area (Å²) < 4.78 is 38.1. The van der Waals surface area contributed by atoms with Gasteiger partial charge in [0.1, 0.15) is 0 Å². The van der Waals surface area contributed by atoms with Crippen molar-refractivity contribution in [3.8, 4) is 11.1 Å². The molecule has 0 saturated carbocycles. The van der Waals surface area contributed by atoms with Crippen molar-refractivity contribution in [2.24, 2.45) is 0 Å². The predicted octanol–water partition coefficient (Wildman–Crippen LogP) is 5.76. The number of halogens is 5. The fourth-order valence-corrected chi connectivity index (χ4v) is 2.38. The molecule has 0 radical (unpaired) electrons. The van der Waals surface area contributed by atoms with Gasteiger partial charge in [-0.05, 0) is 29.3 Å². The molecule has 2 aromatic carbocycles. The molecule has 5 heteroatoms. The number of alkyl halides is 4. The van der Waals surface area contributed by atoms with Crippen molar-refractivity contribution in [1.82, 2.24) is 0 Å². The van der Waals surface area contributed by atoms with Crippen LogP contribution in [0.5, 0.6) is 0 Å². The van der Waals surface area contributed by atoms with Crippen molar-refractivity contribution in [2.45, 2.75) is 12.1 Å². The van der Waals surface area contributed by atoms with Crippen LogP contribution in [0.3, 0.4) is 0 Å². The van der Waals surface area contributed by atoms with Gasteiger partial charge in [-0.3, -0.25) is 0 Å². The molecule has 0 aliphatic heterocycles. The summed E-state index contributed by atoms with van der Waals surface area (Å²) in [7, 11) is 0. The van der Waals surface area contributed by atoms with E-state index in [0.717, 1.165) is 12.1 Å². The van der Waals surface area contributed by atoms with Gasteiger partial charge in [0, 0.05) is 16.5 Å². The zero-order chi connectivity index (χ0) is 14.0. The van der Waals surface area contributed by atoms with Crippen LogP contribution in [0.1, 0.15) is 11.1 Å². The molecule has 2 aromatic rings. The summed E-state index contributed by atoms with van der Waals surface area (Å²) in [4.78, 5) is 0. The Morgan fingerprint density at radius 2 is 1.68 bits per heavy atom. The van der Waals surface area contributed by atoms with Crippen LogP contribution in [0.25, 0.3) is 11.1 Å². The fourth-order valence-electron chi connectivity index (χ4n) is 1.85. The number of rotatable bonds is 2. The van der Waals surface area contributed by atoms with E-state index in [0.29, 0.717) is 21.7 Å². The SMILES string of the molecule is FC(F)(F)c1cccc(-c2c(Cl)cccc2CCl)c1. The average Bonchev–Trinajstić information content (AvgIpc) is 2.37. The minimum atomic E-state index is -4.38. The molecule has 0 saturated heterocycles. The molecule has 0 bridgehead atoms. The molecule has 2 rings (SSSR count). The maximum atomic E-state index is 12.7. The molecule has 0 aliphatic rings. The fraction of sp³-hybridized carbons (Fsp3) is 0.143. The topological polar surface area (TPSA) is 0 Å². The summed E-state index contributed by atoms with van der Waals surface area (Å²) in [5, 5.41) is 0.387. The smallest absolute Gasteiger partial charge is 0.166 e. The van der Waals surface area contributed by atoms with E-state index in [1.165, 1.54) is 6.07 Å². The highest BCUT2D eigenvalue weighted by Gasteiger charge is 2.30. The average molecular weight is 305 g/mol. The Labute approximate surface area is 118 Å². The monoisotopic (exact) mass is 304 g/mol. The largest absolute Gasteiger partial charge is 0.416 e. The Kier molecular flexibility index (Phi) is 4.07.